The second-order valence-electron chi connectivity index (χ2n) is 2.87. The molecule has 6 heteroatoms. The first kappa shape index (κ1) is 9.72. The maximum Gasteiger partial charge on any atom is 0.371 e. The van der Waals surface area contributed by atoms with E-state index in [1.54, 1.807) is 17.6 Å². The largest absolute Gasteiger partial charge is 0.475 e. The van der Waals surface area contributed by atoms with Crippen molar-refractivity contribution in [2.24, 2.45) is 0 Å². The highest BCUT2D eigenvalue weighted by Crippen LogP contribution is 2.09. The summed E-state index contributed by atoms with van der Waals surface area (Å²) in [5.74, 6) is -0.778. The van der Waals surface area contributed by atoms with Gasteiger partial charge in [0, 0.05) is 11.6 Å². The Morgan fingerprint density at radius 1 is 1.53 bits per heavy atom. The van der Waals surface area contributed by atoms with E-state index in [1.807, 2.05) is 0 Å². The van der Waals surface area contributed by atoms with E-state index in [0.29, 0.717) is 5.76 Å². The zero-order valence-corrected chi connectivity index (χ0v) is 8.36. The van der Waals surface area contributed by atoms with Crippen LogP contribution >= 0.6 is 11.3 Å². The quantitative estimate of drug-likeness (QED) is 0.853. The summed E-state index contributed by atoms with van der Waals surface area (Å²) in [4.78, 5) is 21.6. The van der Waals surface area contributed by atoms with Gasteiger partial charge in [0.2, 0.25) is 5.76 Å². The summed E-state index contributed by atoms with van der Waals surface area (Å²) in [6, 6.07) is 2.92. The molecule has 0 unspecified atom stereocenters. The van der Waals surface area contributed by atoms with Crippen molar-refractivity contribution < 1.29 is 14.3 Å². The van der Waals surface area contributed by atoms with Crippen LogP contribution in [0.3, 0.4) is 0 Å². The first-order valence-electron chi connectivity index (χ1n) is 4.13. The van der Waals surface area contributed by atoms with Crippen molar-refractivity contribution in [2.45, 2.75) is 6.54 Å². The van der Waals surface area contributed by atoms with Gasteiger partial charge in [-0.2, -0.15) is 0 Å². The minimum Gasteiger partial charge on any atom is -0.475 e. The molecule has 1 N–H and O–H groups in total. The number of nitrogens with zero attached hydrogens (tertiary/aromatic N) is 1. The molecule has 0 bridgehead atoms. The van der Waals surface area contributed by atoms with Crippen LogP contribution in [-0.4, -0.2) is 15.6 Å². The van der Waals surface area contributed by atoms with E-state index >= 15 is 0 Å². The number of carbonyl (C=O) groups is 1. The highest BCUT2D eigenvalue weighted by atomic mass is 32.1. The Hall–Kier alpha value is -1.82. The van der Waals surface area contributed by atoms with E-state index < -0.39 is 5.97 Å². The summed E-state index contributed by atoms with van der Waals surface area (Å²) in [6.07, 6.45) is 1.63. The van der Waals surface area contributed by atoms with Gasteiger partial charge in [0.15, 0.2) is 0 Å². The average molecular weight is 225 g/mol. The molecule has 15 heavy (non-hydrogen) atoms. The molecule has 2 rings (SSSR count). The lowest BCUT2D eigenvalue weighted by Crippen LogP contribution is -2.11. The number of carboxylic acid groups (broad SMARTS) is 1. The fraction of sp³-hybridized carbons (Fsp3) is 0.111. The van der Waals surface area contributed by atoms with Gasteiger partial charge in [-0.25, -0.2) is 4.79 Å². The minimum absolute atomic E-state index is 0.0942. The molecule has 0 aliphatic heterocycles. The maximum atomic E-state index is 11.2. The number of furan rings is 1. The number of hydrogen-bond acceptors (Lipinski definition) is 4. The van der Waals surface area contributed by atoms with Crippen LogP contribution < -0.4 is 4.87 Å². The second kappa shape index (κ2) is 3.74. The van der Waals surface area contributed by atoms with E-state index in [0.717, 1.165) is 11.3 Å². The van der Waals surface area contributed by atoms with Gasteiger partial charge in [0.25, 0.3) is 0 Å². The maximum absolute atomic E-state index is 11.2. The summed E-state index contributed by atoms with van der Waals surface area (Å²) in [6.45, 7) is 0.260. The third-order valence-corrected chi connectivity index (χ3v) is 2.54. The SMILES string of the molecule is O=C(O)c1ccc(Cn2ccsc2=O)o1. The zero-order chi connectivity index (χ0) is 10.8. The standard InChI is InChI=1S/C9H7NO4S/c11-8(12)7-2-1-6(14-7)5-10-3-4-15-9(10)13/h1-4H,5H2,(H,11,12). The van der Waals surface area contributed by atoms with Crippen molar-refractivity contribution in [1.82, 2.24) is 4.57 Å². The summed E-state index contributed by atoms with van der Waals surface area (Å²) in [7, 11) is 0. The molecule has 0 radical (unpaired) electrons. The van der Waals surface area contributed by atoms with Crippen molar-refractivity contribution >= 4 is 17.3 Å². The molecule has 0 spiro atoms. The van der Waals surface area contributed by atoms with E-state index in [2.05, 4.69) is 0 Å². The third kappa shape index (κ3) is 1.99. The second-order valence-corrected chi connectivity index (χ2v) is 3.73. The summed E-state index contributed by atoms with van der Waals surface area (Å²) in [5, 5.41) is 10.3. The lowest BCUT2D eigenvalue weighted by atomic mass is 10.4. The van der Waals surface area contributed by atoms with Gasteiger partial charge in [-0.15, -0.1) is 0 Å². The molecule has 0 saturated carbocycles. The van der Waals surface area contributed by atoms with E-state index in [-0.39, 0.29) is 17.2 Å². The van der Waals surface area contributed by atoms with Gasteiger partial charge >= 0.3 is 10.8 Å². The van der Waals surface area contributed by atoms with Crippen LogP contribution in [0.1, 0.15) is 16.3 Å². The average Bonchev–Trinajstić information content (AvgIpc) is 2.77. The van der Waals surface area contributed by atoms with Crippen LogP contribution in [-0.2, 0) is 6.54 Å². The number of hydrogen-bond donors (Lipinski definition) is 1. The van der Waals surface area contributed by atoms with Crippen LogP contribution in [0.5, 0.6) is 0 Å². The zero-order valence-electron chi connectivity index (χ0n) is 7.54. The van der Waals surface area contributed by atoms with E-state index in [4.69, 9.17) is 9.52 Å². The summed E-state index contributed by atoms with van der Waals surface area (Å²) < 4.78 is 6.47. The smallest absolute Gasteiger partial charge is 0.371 e. The molecule has 0 aromatic carbocycles. The van der Waals surface area contributed by atoms with Crippen LogP contribution in [0.25, 0.3) is 0 Å². The molecule has 0 aliphatic rings. The predicted octanol–water partition coefficient (Wildman–Crippen LogP) is 1.25. The van der Waals surface area contributed by atoms with Gasteiger partial charge in [0.1, 0.15) is 5.76 Å². The molecule has 2 aromatic rings. The van der Waals surface area contributed by atoms with Gasteiger partial charge < -0.3 is 9.52 Å². The lowest BCUT2D eigenvalue weighted by molar-refractivity contribution is 0.0660. The Bertz CT molecular complexity index is 536. The van der Waals surface area contributed by atoms with Gasteiger partial charge in [-0.3, -0.25) is 9.36 Å². The molecule has 5 nitrogen and oxygen atoms in total. The van der Waals surface area contributed by atoms with Crippen molar-refractivity contribution in [1.29, 1.82) is 0 Å². The highest BCUT2D eigenvalue weighted by molar-refractivity contribution is 7.07. The number of rotatable bonds is 3. The van der Waals surface area contributed by atoms with Crippen molar-refractivity contribution in [3.8, 4) is 0 Å². The van der Waals surface area contributed by atoms with E-state index in [9.17, 15) is 9.59 Å². The molecule has 78 valence electrons. The molecule has 2 aromatic heterocycles. The fourth-order valence-corrected chi connectivity index (χ4v) is 1.74. The topological polar surface area (TPSA) is 72.4 Å². The molecular formula is C9H7NO4S. The third-order valence-electron chi connectivity index (χ3n) is 1.84. The molecule has 0 aliphatic carbocycles. The van der Waals surface area contributed by atoms with Crippen LogP contribution in [0.2, 0.25) is 0 Å². The molecule has 0 atom stereocenters. The van der Waals surface area contributed by atoms with Crippen LogP contribution in [0.4, 0.5) is 0 Å². The summed E-state index contributed by atoms with van der Waals surface area (Å²) >= 11 is 1.09. The monoisotopic (exact) mass is 225 g/mol. The first-order chi connectivity index (χ1) is 7.16. The Morgan fingerprint density at radius 2 is 2.33 bits per heavy atom. The normalized spacial score (nSPS) is 10.4. The van der Waals surface area contributed by atoms with Crippen molar-refractivity contribution in [2.75, 3.05) is 0 Å². The molecule has 0 fully saturated rings. The van der Waals surface area contributed by atoms with Crippen molar-refractivity contribution in [3.05, 3.63) is 44.9 Å². The fourth-order valence-electron chi connectivity index (χ4n) is 1.15. The number of aromatic nitrogens is 1. The Labute approximate surface area is 88.2 Å². The summed E-state index contributed by atoms with van der Waals surface area (Å²) in [5.41, 5.74) is 0. The van der Waals surface area contributed by atoms with Crippen molar-refractivity contribution in [3.63, 3.8) is 0 Å². The predicted molar refractivity (Wildman–Crippen MR) is 53.3 cm³/mol. The van der Waals surface area contributed by atoms with Gasteiger partial charge in [0.05, 0.1) is 6.54 Å². The van der Waals surface area contributed by atoms with Gasteiger partial charge in [-0.05, 0) is 12.1 Å². The molecule has 0 amide bonds. The van der Waals surface area contributed by atoms with Gasteiger partial charge in [-0.1, -0.05) is 11.3 Å². The minimum atomic E-state index is -1.11. The lowest BCUT2D eigenvalue weighted by Gasteiger charge is -1.96. The van der Waals surface area contributed by atoms with E-state index in [1.165, 1.54) is 10.6 Å². The van der Waals surface area contributed by atoms with Crippen LogP contribution in [0, 0.1) is 0 Å². The number of carboxylic acids is 1. The van der Waals surface area contributed by atoms with Crippen LogP contribution in [0.15, 0.2) is 32.9 Å². The molecule has 0 saturated heterocycles. The molecule has 2 heterocycles. The Morgan fingerprint density at radius 3 is 2.87 bits per heavy atom. The Kier molecular flexibility index (Phi) is 2.42. The highest BCUT2D eigenvalue weighted by Gasteiger charge is 2.09. The first-order valence-corrected chi connectivity index (χ1v) is 5.01. The molecular weight excluding hydrogens is 218 g/mol. The Balaban J connectivity index is 2.22. The number of aromatic carboxylic acids is 1. The number of thiazole rings is 1.